The Labute approximate surface area is 222 Å². The van der Waals surface area contributed by atoms with E-state index >= 15 is 0 Å². The van der Waals surface area contributed by atoms with Gasteiger partial charge in [0.2, 0.25) is 5.91 Å². The number of fused-ring (bicyclic) bond motifs is 3. The molecule has 5 atom stereocenters. The molecule has 0 spiro atoms. The van der Waals surface area contributed by atoms with E-state index in [9.17, 15) is 19.8 Å². The summed E-state index contributed by atoms with van der Waals surface area (Å²) in [5.74, 6) is 0.247. The number of nitrogens with one attached hydrogen (secondary N) is 1. The number of carbonyl (C=O) groups is 2. The van der Waals surface area contributed by atoms with Crippen LogP contribution in [0.2, 0.25) is 0 Å². The van der Waals surface area contributed by atoms with Crippen LogP contribution in [-0.2, 0) is 20.7 Å². The molecule has 9 nitrogen and oxygen atoms in total. The van der Waals surface area contributed by atoms with Crippen molar-refractivity contribution in [3.8, 4) is 11.5 Å². The molecular formula is C29H34N2O7. The molecule has 3 aliphatic rings. The van der Waals surface area contributed by atoms with E-state index in [-0.39, 0.29) is 31.5 Å². The second-order valence-corrected chi connectivity index (χ2v) is 9.78. The average molecular weight is 523 g/mol. The molecule has 0 bridgehead atoms. The molecule has 2 heterocycles. The SMILES string of the molecule is COc1ccccc1CCN(C(=O)C1CCCO1)[C@@H]1C=C(C(=O)NCCO)[C@@H]2c3ccccc3O[C@@H]2[C@H]1O. The van der Waals surface area contributed by atoms with Crippen LogP contribution in [0, 0.1) is 0 Å². The van der Waals surface area contributed by atoms with Crippen LogP contribution in [0.4, 0.5) is 0 Å². The smallest absolute Gasteiger partial charge is 0.252 e. The molecule has 2 aromatic carbocycles. The molecule has 5 rings (SSSR count). The van der Waals surface area contributed by atoms with Gasteiger partial charge in [-0.1, -0.05) is 36.4 Å². The Morgan fingerprint density at radius 1 is 1.16 bits per heavy atom. The summed E-state index contributed by atoms with van der Waals surface area (Å²) in [5.41, 5.74) is 2.15. The molecule has 1 saturated heterocycles. The quantitative estimate of drug-likeness (QED) is 0.458. The number of hydrogen-bond donors (Lipinski definition) is 3. The number of ether oxygens (including phenoxy) is 3. The Morgan fingerprint density at radius 3 is 2.71 bits per heavy atom. The van der Waals surface area contributed by atoms with E-state index in [1.807, 2.05) is 48.5 Å². The molecule has 1 unspecified atom stereocenters. The Bertz CT molecular complexity index is 1190. The first-order valence-electron chi connectivity index (χ1n) is 13.1. The lowest BCUT2D eigenvalue weighted by molar-refractivity contribution is -0.146. The van der Waals surface area contributed by atoms with E-state index in [2.05, 4.69) is 5.32 Å². The number of aliphatic hydroxyl groups is 2. The van der Waals surface area contributed by atoms with Crippen LogP contribution < -0.4 is 14.8 Å². The molecule has 202 valence electrons. The highest BCUT2D eigenvalue weighted by atomic mass is 16.5. The summed E-state index contributed by atoms with van der Waals surface area (Å²) in [5, 5.41) is 23.7. The van der Waals surface area contributed by atoms with E-state index in [1.54, 1.807) is 18.1 Å². The van der Waals surface area contributed by atoms with E-state index in [0.29, 0.717) is 30.8 Å². The predicted molar refractivity (Wildman–Crippen MR) is 139 cm³/mol. The van der Waals surface area contributed by atoms with Gasteiger partial charge in [-0.2, -0.15) is 0 Å². The van der Waals surface area contributed by atoms with Crippen LogP contribution in [0.1, 0.15) is 29.9 Å². The molecule has 2 aliphatic heterocycles. The first kappa shape index (κ1) is 26.2. The van der Waals surface area contributed by atoms with Gasteiger partial charge in [0.1, 0.15) is 29.8 Å². The third-order valence-corrected chi connectivity index (χ3v) is 7.54. The van der Waals surface area contributed by atoms with Crippen LogP contribution in [0.15, 0.2) is 60.2 Å². The van der Waals surface area contributed by atoms with Gasteiger partial charge in [-0.05, 0) is 43.0 Å². The summed E-state index contributed by atoms with van der Waals surface area (Å²) >= 11 is 0. The van der Waals surface area contributed by atoms with Gasteiger partial charge in [0, 0.05) is 30.8 Å². The van der Waals surface area contributed by atoms with Crippen molar-refractivity contribution in [1.29, 1.82) is 0 Å². The second-order valence-electron chi connectivity index (χ2n) is 9.78. The molecule has 0 radical (unpaired) electrons. The number of carbonyl (C=O) groups excluding carboxylic acids is 2. The topological polar surface area (TPSA) is 118 Å². The van der Waals surface area contributed by atoms with Gasteiger partial charge in [-0.15, -0.1) is 0 Å². The van der Waals surface area contributed by atoms with Gasteiger partial charge in [0.15, 0.2) is 0 Å². The molecule has 2 amide bonds. The first-order chi connectivity index (χ1) is 18.5. The zero-order valence-electron chi connectivity index (χ0n) is 21.4. The molecule has 0 aromatic heterocycles. The van der Waals surface area contributed by atoms with Gasteiger partial charge in [0.25, 0.3) is 5.91 Å². The molecule has 1 fully saturated rings. The molecule has 1 aliphatic carbocycles. The van der Waals surface area contributed by atoms with Crippen molar-refractivity contribution in [2.45, 2.75) is 49.5 Å². The zero-order chi connectivity index (χ0) is 26.6. The van der Waals surface area contributed by atoms with Gasteiger partial charge < -0.3 is 34.6 Å². The molecule has 38 heavy (non-hydrogen) atoms. The zero-order valence-corrected chi connectivity index (χ0v) is 21.4. The van der Waals surface area contributed by atoms with Gasteiger partial charge >= 0.3 is 0 Å². The minimum atomic E-state index is -1.08. The highest BCUT2D eigenvalue weighted by Gasteiger charge is 2.51. The molecule has 9 heteroatoms. The fraction of sp³-hybridized carbons (Fsp3) is 0.448. The Balaban J connectivity index is 1.51. The minimum Gasteiger partial charge on any atom is -0.496 e. The van der Waals surface area contributed by atoms with Crippen molar-refractivity contribution in [2.24, 2.45) is 0 Å². The van der Waals surface area contributed by atoms with Crippen molar-refractivity contribution in [1.82, 2.24) is 10.2 Å². The fourth-order valence-corrected chi connectivity index (χ4v) is 5.71. The average Bonchev–Trinajstić information content (AvgIpc) is 3.62. The van der Waals surface area contributed by atoms with E-state index in [4.69, 9.17) is 14.2 Å². The van der Waals surface area contributed by atoms with Crippen molar-refractivity contribution >= 4 is 11.8 Å². The number of para-hydroxylation sites is 2. The summed E-state index contributed by atoms with van der Waals surface area (Å²) in [6, 6.07) is 14.2. The number of aliphatic hydroxyl groups excluding tert-OH is 2. The third-order valence-electron chi connectivity index (χ3n) is 7.54. The van der Waals surface area contributed by atoms with Crippen LogP contribution >= 0.6 is 0 Å². The number of hydrogen-bond acceptors (Lipinski definition) is 7. The van der Waals surface area contributed by atoms with Crippen molar-refractivity contribution in [2.75, 3.05) is 33.4 Å². The summed E-state index contributed by atoms with van der Waals surface area (Å²) in [4.78, 5) is 28.7. The van der Waals surface area contributed by atoms with Crippen molar-refractivity contribution in [3.63, 3.8) is 0 Å². The van der Waals surface area contributed by atoms with Crippen LogP contribution in [0.3, 0.4) is 0 Å². The molecule has 0 saturated carbocycles. The van der Waals surface area contributed by atoms with Gasteiger partial charge in [0.05, 0.1) is 25.7 Å². The number of rotatable bonds is 9. The predicted octanol–water partition coefficient (Wildman–Crippen LogP) is 1.57. The fourth-order valence-electron chi connectivity index (χ4n) is 5.71. The summed E-state index contributed by atoms with van der Waals surface area (Å²) in [6.07, 6.45) is 1.15. The van der Waals surface area contributed by atoms with Crippen LogP contribution in [0.5, 0.6) is 11.5 Å². The molecular weight excluding hydrogens is 488 g/mol. The van der Waals surface area contributed by atoms with E-state index in [1.165, 1.54) is 0 Å². The van der Waals surface area contributed by atoms with Crippen molar-refractivity contribution < 1.29 is 34.0 Å². The lowest BCUT2D eigenvalue weighted by Crippen LogP contribution is -2.57. The van der Waals surface area contributed by atoms with Gasteiger partial charge in [-0.25, -0.2) is 0 Å². The normalized spacial score (nSPS) is 25.6. The van der Waals surface area contributed by atoms with Crippen LogP contribution in [-0.4, -0.2) is 84.7 Å². The summed E-state index contributed by atoms with van der Waals surface area (Å²) in [7, 11) is 1.61. The lowest BCUT2D eigenvalue weighted by atomic mass is 9.77. The third kappa shape index (κ3) is 5.01. The largest absolute Gasteiger partial charge is 0.496 e. The Kier molecular flexibility index (Phi) is 7.97. The maximum Gasteiger partial charge on any atom is 0.252 e. The van der Waals surface area contributed by atoms with E-state index in [0.717, 1.165) is 23.3 Å². The lowest BCUT2D eigenvalue weighted by Gasteiger charge is -2.41. The monoisotopic (exact) mass is 522 g/mol. The van der Waals surface area contributed by atoms with Crippen LogP contribution in [0.25, 0.3) is 0 Å². The first-order valence-corrected chi connectivity index (χ1v) is 13.1. The highest BCUT2D eigenvalue weighted by Crippen LogP contribution is 2.47. The standard InChI is InChI=1S/C29H34N2O7/c1-36-22-9-4-2-7-18(22)12-14-31(29(35)24-11-6-16-37-24)21-17-20(28(34)30-13-15-32)25-19-8-3-5-10-23(19)38-27(25)26(21)33/h2-5,7-10,17,21,24-27,32-33H,6,11-16H2,1H3,(H,30,34)/t21-,24?,25+,26+,27+/m1/s1. The summed E-state index contributed by atoms with van der Waals surface area (Å²) in [6.45, 7) is 0.690. The number of nitrogens with zero attached hydrogens (tertiary/aromatic N) is 1. The molecule has 2 aromatic rings. The highest BCUT2D eigenvalue weighted by molar-refractivity contribution is 5.96. The number of methoxy groups -OCH3 is 1. The maximum absolute atomic E-state index is 13.8. The Morgan fingerprint density at radius 2 is 1.95 bits per heavy atom. The maximum atomic E-state index is 13.8. The number of amides is 2. The van der Waals surface area contributed by atoms with Gasteiger partial charge in [-0.3, -0.25) is 9.59 Å². The minimum absolute atomic E-state index is 0.0929. The second kappa shape index (κ2) is 11.6. The van der Waals surface area contributed by atoms with Crippen molar-refractivity contribution in [3.05, 3.63) is 71.3 Å². The Hall–Kier alpha value is -3.40. The molecule has 3 N–H and O–H groups in total. The number of benzene rings is 2. The summed E-state index contributed by atoms with van der Waals surface area (Å²) < 4.78 is 17.4. The van der Waals surface area contributed by atoms with E-state index < -0.39 is 30.3 Å².